The molecule has 0 fully saturated rings. The molecule has 9 aromatic rings. The van der Waals surface area contributed by atoms with Crippen molar-refractivity contribution in [3.8, 4) is 44.8 Å². The van der Waals surface area contributed by atoms with E-state index in [9.17, 15) is 0 Å². The van der Waals surface area contributed by atoms with Gasteiger partial charge in [-0.1, -0.05) is 140 Å². The topological polar surface area (TPSA) is 9.86 Å². The summed E-state index contributed by atoms with van der Waals surface area (Å²) in [5.41, 5.74) is 17.8. The van der Waals surface area contributed by atoms with Crippen LogP contribution in [0.5, 0.6) is 0 Å². The summed E-state index contributed by atoms with van der Waals surface area (Å²) in [5, 5.41) is 3.68. The molecule has 0 N–H and O–H groups in total. The van der Waals surface area contributed by atoms with E-state index in [4.69, 9.17) is 0 Å². The first-order chi connectivity index (χ1) is 28.2. The van der Waals surface area contributed by atoms with E-state index in [2.05, 4.69) is 217 Å². The Labute approximate surface area is 334 Å². The first-order valence-electron chi connectivity index (χ1n) is 19.9. The summed E-state index contributed by atoms with van der Waals surface area (Å²) in [6, 6.07) is 59.9. The van der Waals surface area contributed by atoms with E-state index in [-0.39, 0.29) is 0 Å². The second-order valence-electron chi connectivity index (χ2n) is 14.8. The van der Waals surface area contributed by atoms with Gasteiger partial charge in [-0.25, -0.2) is 0 Å². The Balaban J connectivity index is 1.08. The zero-order valence-corrected chi connectivity index (χ0v) is 32.1. The van der Waals surface area contributed by atoms with Crippen LogP contribution in [0.15, 0.2) is 195 Å². The summed E-state index contributed by atoms with van der Waals surface area (Å²) in [5.74, 6) is 0. The van der Waals surface area contributed by atoms with Gasteiger partial charge < -0.3 is 9.13 Å². The maximum absolute atomic E-state index is 4.30. The second-order valence-corrected chi connectivity index (χ2v) is 14.8. The lowest BCUT2D eigenvalue weighted by atomic mass is 9.99. The fourth-order valence-electron chi connectivity index (χ4n) is 8.75. The molecule has 0 amide bonds. The van der Waals surface area contributed by atoms with Crippen LogP contribution in [-0.4, -0.2) is 9.13 Å². The molecular formula is C55H42N2. The molecule has 10 rings (SSSR count). The van der Waals surface area contributed by atoms with Gasteiger partial charge in [0.05, 0.1) is 22.2 Å². The molecule has 0 atom stereocenters. The summed E-state index contributed by atoms with van der Waals surface area (Å²) >= 11 is 0. The van der Waals surface area contributed by atoms with Crippen LogP contribution in [0.2, 0.25) is 0 Å². The monoisotopic (exact) mass is 730 g/mol. The largest absolute Gasteiger partial charge is 0.309 e. The normalized spacial score (nSPS) is 12.9. The molecule has 272 valence electrons. The van der Waals surface area contributed by atoms with Crippen molar-refractivity contribution in [2.24, 2.45) is 0 Å². The van der Waals surface area contributed by atoms with Gasteiger partial charge in [0.2, 0.25) is 0 Å². The number of aromatic nitrogens is 2. The number of allylic oxidation sites excluding steroid dienone is 5. The fraction of sp³-hybridized carbons (Fsp3) is 0.0545. The SMILES string of the molecule is C=Cc1c(/C=C\C)c2cc(-c3ccc4c(c3)c3ccccc3n4-c3cccc(-c4cccc(-c5ccccc5)c4)c3)ccc2n1-c1cccc(C2=CCCC=C2)c1. The summed E-state index contributed by atoms with van der Waals surface area (Å²) in [6.07, 6.45) is 15.4. The minimum Gasteiger partial charge on any atom is -0.309 e. The van der Waals surface area contributed by atoms with Crippen molar-refractivity contribution in [2.75, 3.05) is 0 Å². The molecule has 0 bridgehead atoms. The van der Waals surface area contributed by atoms with Crippen molar-refractivity contribution in [1.29, 1.82) is 0 Å². The van der Waals surface area contributed by atoms with Crippen molar-refractivity contribution >= 4 is 50.4 Å². The molecule has 0 saturated carbocycles. The van der Waals surface area contributed by atoms with Gasteiger partial charge in [0.1, 0.15) is 0 Å². The highest BCUT2D eigenvalue weighted by molar-refractivity contribution is 6.11. The summed E-state index contributed by atoms with van der Waals surface area (Å²) in [6.45, 7) is 6.38. The summed E-state index contributed by atoms with van der Waals surface area (Å²) < 4.78 is 4.77. The first kappa shape index (κ1) is 34.3. The molecule has 2 aromatic heterocycles. The standard InChI is InChI=1S/C55H42N2/c1-3-16-48-50-36-44(29-31-54(50)56(52(48)4-2)46-25-14-23-42(34-46)39-19-9-6-10-20-39)45-30-32-55-51(37-45)49-27-11-12-28-53(49)57(55)47-26-15-24-43(35-47)41-22-13-21-40(33-41)38-17-7-5-8-18-38/h3-5,7-9,11-37H,2,6,10H2,1H3/b16-3-. The van der Waals surface area contributed by atoms with Gasteiger partial charge in [-0.2, -0.15) is 0 Å². The number of hydrogen-bond donors (Lipinski definition) is 0. The highest BCUT2D eigenvalue weighted by Crippen LogP contribution is 2.39. The molecule has 0 aliphatic heterocycles. The third-order valence-corrected chi connectivity index (χ3v) is 11.4. The summed E-state index contributed by atoms with van der Waals surface area (Å²) in [7, 11) is 0. The van der Waals surface area contributed by atoms with Crippen LogP contribution < -0.4 is 0 Å². The Kier molecular flexibility index (Phi) is 8.73. The highest BCUT2D eigenvalue weighted by atomic mass is 15.0. The van der Waals surface area contributed by atoms with Crippen LogP contribution in [0.1, 0.15) is 36.6 Å². The van der Waals surface area contributed by atoms with Gasteiger partial charge in [-0.05, 0) is 131 Å². The Morgan fingerprint density at radius 3 is 1.79 bits per heavy atom. The molecule has 1 aliphatic carbocycles. The quantitative estimate of drug-likeness (QED) is 0.147. The zero-order valence-electron chi connectivity index (χ0n) is 32.1. The van der Waals surface area contributed by atoms with Gasteiger partial charge in [0, 0.05) is 33.1 Å². The maximum atomic E-state index is 4.30. The second kappa shape index (κ2) is 14.5. The Hall–Kier alpha value is -7.16. The highest BCUT2D eigenvalue weighted by Gasteiger charge is 2.18. The predicted molar refractivity (Wildman–Crippen MR) is 245 cm³/mol. The number of fused-ring (bicyclic) bond motifs is 4. The van der Waals surface area contributed by atoms with Crippen LogP contribution in [0.3, 0.4) is 0 Å². The average molecular weight is 731 g/mol. The van der Waals surface area contributed by atoms with E-state index in [0.29, 0.717) is 0 Å². The van der Waals surface area contributed by atoms with Crippen LogP contribution in [0, 0.1) is 0 Å². The molecule has 57 heavy (non-hydrogen) atoms. The van der Waals surface area contributed by atoms with Crippen molar-refractivity contribution < 1.29 is 0 Å². The molecule has 2 heterocycles. The number of nitrogens with zero attached hydrogens (tertiary/aromatic N) is 2. The molecule has 0 unspecified atom stereocenters. The fourth-order valence-corrected chi connectivity index (χ4v) is 8.75. The Bertz CT molecular complexity index is 3090. The third-order valence-electron chi connectivity index (χ3n) is 11.4. The van der Waals surface area contributed by atoms with Crippen LogP contribution in [0.4, 0.5) is 0 Å². The van der Waals surface area contributed by atoms with Gasteiger partial charge in [-0.15, -0.1) is 0 Å². The van der Waals surface area contributed by atoms with Crippen molar-refractivity contribution in [2.45, 2.75) is 19.8 Å². The van der Waals surface area contributed by atoms with Crippen molar-refractivity contribution in [3.05, 3.63) is 211 Å². The molecule has 2 nitrogen and oxygen atoms in total. The molecule has 0 saturated heterocycles. The lowest BCUT2D eigenvalue weighted by molar-refractivity contribution is 1.04. The maximum Gasteiger partial charge on any atom is 0.0541 e. The van der Waals surface area contributed by atoms with Crippen molar-refractivity contribution in [1.82, 2.24) is 9.13 Å². The Morgan fingerprint density at radius 2 is 1.05 bits per heavy atom. The molecule has 1 aliphatic rings. The molecule has 7 aromatic carbocycles. The third kappa shape index (κ3) is 6.07. The molecule has 0 spiro atoms. The predicted octanol–water partition coefficient (Wildman–Crippen LogP) is 15.1. The average Bonchev–Trinajstić information content (AvgIpc) is 3.79. The molecule has 2 heteroatoms. The zero-order chi connectivity index (χ0) is 38.3. The summed E-state index contributed by atoms with van der Waals surface area (Å²) in [4.78, 5) is 0. The molecular weight excluding hydrogens is 689 g/mol. The number of para-hydroxylation sites is 1. The van der Waals surface area contributed by atoms with E-state index in [1.807, 2.05) is 6.08 Å². The van der Waals surface area contributed by atoms with Gasteiger partial charge in [0.15, 0.2) is 0 Å². The lowest BCUT2D eigenvalue weighted by Crippen LogP contribution is -1.98. The lowest BCUT2D eigenvalue weighted by Gasteiger charge is -2.13. The van der Waals surface area contributed by atoms with Gasteiger partial charge in [0.25, 0.3) is 0 Å². The van der Waals surface area contributed by atoms with E-state index in [1.165, 1.54) is 82.8 Å². The van der Waals surface area contributed by atoms with Crippen LogP contribution >= 0.6 is 0 Å². The van der Waals surface area contributed by atoms with E-state index in [0.717, 1.165) is 29.9 Å². The van der Waals surface area contributed by atoms with Crippen LogP contribution in [0.25, 0.3) is 95.2 Å². The molecule has 0 radical (unpaired) electrons. The first-order valence-corrected chi connectivity index (χ1v) is 19.9. The number of rotatable bonds is 8. The van der Waals surface area contributed by atoms with E-state index < -0.39 is 0 Å². The van der Waals surface area contributed by atoms with Crippen molar-refractivity contribution in [3.63, 3.8) is 0 Å². The minimum atomic E-state index is 1.08. The number of benzene rings is 7. The van der Waals surface area contributed by atoms with Gasteiger partial charge >= 0.3 is 0 Å². The van der Waals surface area contributed by atoms with Gasteiger partial charge in [-0.3, -0.25) is 0 Å². The number of hydrogen-bond acceptors (Lipinski definition) is 0. The smallest absolute Gasteiger partial charge is 0.0541 e. The van der Waals surface area contributed by atoms with Crippen LogP contribution in [-0.2, 0) is 0 Å². The van der Waals surface area contributed by atoms with E-state index >= 15 is 0 Å². The Morgan fingerprint density at radius 1 is 0.474 bits per heavy atom. The minimum absolute atomic E-state index is 1.08. The van der Waals surface area contributed by atoms with E-state index in [1.54, 1.807) is 0 Å².